The summed E-state index contributed by atoms with van der Waals surface area (Å²) in [6, 6.07) is -2.62. The lowest BCUT2D eigenvalue weighted by molar-refractivity contribution is -0.386. The number of amides is 2. The van der Waals surface area contributed by atoms with Crippen LogP contribution in [0.3, 0.4) is 0 Å². The molecule has 0 spiro atoms. The Labute approximate surface area is 447 Å². The molecule has 0 saturated carbocycles. The number of ether oxygens (including phenoxy) is 6. The van der Waals surface area contributed by atoms with Crippen molar-refractivity contribution < 1.29 is 104 Å². The molecule has 0 bridgehead atoms. The van der Waals surface area contributed by atoms with Gasteiger partial charge in [0.05, 0.1) is 50.7 Å². The highest BCUT2D eigenvalue weighted by atomic mass is 16.8. The normalized spacial score (nSPS) is 31.8. The summed E-state index contributed by atoms with van der Waals surface area (Å²) >= 11 is 0. The van der Waals surface area contributed by atoms with Crippen molar-refractivity contribution >= 4 is 17.8 Å². The van der Waals surface area contributed by atoms with E-state index in [-0.39, 0.29) is 12.3 Å². The number of hydrogen-bond donors (Lipinski definition) is 14. The highest BCUT2D eigenvalue weighted by molar-refractivity contribution is 5.77. The number of unbranched alkanes of at least 4 members (excludes halogenated alkanes) is 16. The number of carbonyl (C=O) groups excluding carboxylic acids is 2. The van der Waals surface area contributed by atoms with Crippen LogP contribution in [0.1, 0.15) is 156 Å². The van der Waals surface area contributed by atoms with Crippen molar-refractivity contribution in [2.75, 3.05) is 26.4 Å². The van der Waals surface area contributed by atoms with Gasteiger partial charge in [0.15, 0.2) is 12.6 Å². The van der Waals surface area contributed by atoms with Crippen LogP contribution in [0.15, 0.2) is 24.3 Å². The molecule has 23 heteroatoms. The zero-order valence-electron chi connectivity index (χ0n) is 44.8. The van der Waals surface area contributed by atoms with E-state index in [0.717, 1.165) is 64.7 Å². The Balaban J connectivity index is 1.72. The summed E-state index contributed by atoms with van der Waals surface area (Å²) in [4.78, 5) is 38.2. The van der Waals surface area contributed by atoms with Crippen LogP contribution in [-0.2, 0) is 42.8 Å². The number of hydrogen-bond acceptors (Lipinski definition) is 20. The van der Waals surface area contributed by atoms with Crippen LogP contribution in [0.4, 0.5) is 0 Å². The quantitative estimate of drug-likeness (QED) is 0.0297. The second kappa shape index (κ2) is 36.5. The molecular weight excluding hydrogens is 1000 g/mol. The molecule has 3 heterocycles. The number of allylic oxidation sites excluding steroid dienone is 3. The number of aliphatic hydroxyl groups excluding tert-OH is 11. The standard InChI is InChI=1S/C53H94N2O21/c1-4-6-8-10-12-14-15-16-17-19-21-23-25-27-40(63)55-34(35(60)26-24-22-20-18-13-11-9-7-5-2)32-71-50-45(67)44(66)47(39(31-58)73-50)74-51-46(68)49(43(65)38(30-57)72-51)76-53(52(69)70)28-36(61)41(54-33(3)59)48(75-53)42(64)37(62)29-56/h16-17,24,26,34-39,41-51,56-58,60-62,64-68H,4-15,18-23,25,27-32H2,1-3H3,(H,54,59)(H,55,63)(H,69,70)/b17-16-,26-24+. The van der Waals surface area contributed by atoms with Gasteiger partial charge in [-0.05, 0) is 44.9 Å². The molecule has 0 aliphatic carbocycles. The number of carbonyl (C=O) groups is 3. The first-order valence-corrected chi connectivity index (χ1v) is 27.7. The topological polar surface area (TPSA) is 373 Å². The molecule has 0 aromatic rings. The highest BCUT2D eigenvalue weighted by Crippen LogP contribution is 2.38. The van der Waals surface area contributed by atoms with Gasteiger partial charge in [-0.15, -0.1) is 0 Å². The van der Waals surface area contributed by atoms with E-state index < -0.39 is 155 Å². The number of rotatable bonds is 38. The van der Waals surface area contributed by atoms with Gasteiger partial charge in [-0.3, -0.25) is 9.59 Å². The number of aliphatic hydroxyl groups is 11. The van der Waals surface area contributed by atoms with Crippen molar-refractivity contribution in [3.8, 4) is 0 Å². The molecule has 76 heavy (non-hydrogen) atoms. The molecule has 0 aromatic carbocycles. The largest absolute Gasteiger partial charge is 0.477 e. The number of carboxylic acid groups (broad SMARTS) is 1. The van der Waals surface area contributed by atoms with Crippen molar-refractivity contribution in [2.24, 2.45) is 0 Å². The first kappa shape index (κ1) is 67.5. The van der Waals surface area contributed by atoms with Crippen molar-refractivity contribution in [3.05, 3.63) is 24.3 Å². The Morgan fingerprint density at radius 2 is 1.24 bits per heavy atom. The highest BCUT2D eigenvalue weighted by Gasteiger charge is 2.60. The van der Waals surface area contributed by atoms with Gasteiger partial charge in [-0.2, -0.15) is 0 Å². The van der Waals surface area contributed by atoms with Gasteiger partial charge in [-0.25, -0.2) is 4.79 Å². The second-order valence-corrected chi connectivity index (χ2v) is 20.4. The molecular formula is C53H94N2O21. The Hall–Kier alpha value is -2.79. The van der Waals surface area contributed by atoms with Gasteiger partial charge in [0.2, 0.25) is 11.8 Å². The molecule has 3 fully saturated rings. The van der Waals surface area contributed by atoms with Gasteiger partial charge in [-0.1, -0.05) is 115 Å². The summed E-state index contributed by atoms with van der Waals surface area (Å²) in [5.74, 6) is -6.17. The van der Waals surface area contributed by atoms with Crippen LogP contribution in [0.2, 0.25) is 0 Å². The predicted octanol–water partition coefficient (Wildman–Crippen LogP) is 0.601. The van der Waals surface area contributed by atoms with E-state index in [0.29, 0.717) is 12.8 Å². The molecule has 442 valence electrons. The smallest absolute Gasteiger partial charge is 0.364 e. The van der Waals surface area contributed by atoms with Gasteiger partial charge in [0, 0.05) is 19.8 Å². The Bertz CT molecular complexity index is 1680. The summed E-state index contributed by atoms with van der Waals surface area (Å²) in [6.07, 6.45) is -1.34. The average molecular weight is 1100 g/mol. The lowest BCUT2D eigenvalue weighted by Crippen LogP contribution is -2.70. The molecule has 14 N–H and O–H groups in total. The molecule has 23 nitrogen and oxygen atoms in total. The molecule has 3 saturated heterocycles. The van der Waals surface area contributed by atoms with Crippen molar-refractivity contribution in [1.29, 1.82) is 0 Å². The number of carboxylic acids is 1. The molecule has 3 rings (SSSR count). The van der Waals surface area contributed by atoms with Crippen LogP contribution in [0.25, 0.3) is 0 Å². The third-order valence-corrected chi connectivity index (χ3v) is 14.1. The van der Waals surface area contributed by atoms with E-state index >= 15 is 0 Å². The third kappa shape index (κ3) is 21.7. The molecule has 18 atom stereocenters. The second-order valence-electron chi connectivity index (χ2n) is 20.4. The van der Waals surface area contributed by atoms with E-state index in [2.05, 4.69) is 36.6 Å². The summed E-state index contributed by atoms with van der Waals surface area (Å²) in [6.45, 7) is 2.00. The van der Waals surface area contributed by atoms with Gasteiger partial charge in [0.1, 0.15) is 67.1 Å². The Morgan fingerprint density at radius 3 is 1.79 bits per heavy atom. The van der Waals surface area contributed by atoms with Crippen LogP contribution in [0, 0.1) is 0 Å². The van der Waals surface area contributed by atoms with E-state index in [1.54, 1.807) is 6.08 Å². The lowest BCUT2D eigenvalue weighted by atomic mass is 9.88. The summed E-state index contributed by atoms with van der Waals surface area (Å²) < 4.78 is 34.5. The van der Waals surface area contributed by atoms with E-state index in [9.17, 15) is 75.7 Å². The monoisotopic (exact) mass is 1090 g/mol. The zero-order chi connectivity index (χ0) is 56.2. The van der Waals surface area contributed by atoms with Crippen molar-refractivity contribution in [2.45, 2.75) is 265 Å². The van der Waals surface area contributed by atoms with Crippen LogP contribution in [0.5, 0.6) is 0 Å². The lowest BCUT2D eigenvalue weighted by Gasteiger charge is -2.50. The first-order valence-electron chi connectivity index (χ1n) is 27.7. The Morgan fingerprint density at radius 1 is 0.684 bits per heavy atom. The van der Waals surface area contributed by atoms with Gasteiger partial charge < -0.3 is 100 Å². The minimum Gasteiger partial charge on any atom is -0.477 e. The van der Waals surface area contributed by atoms with Crippen molar-refractivity contribution in [3.63, 3.8) is 0 Å². The SMILES string of the molecule is CCCCCCCC/C=C\CCCCCC(=O)NC(COC1OC(CO)C(OC2OC(CO)C(O)C(OC3(C(=O)O)CC(O)C(NC(C)=O)C(C(O)C(O)CO)O3)C2O)C(O)C1O)C(O)/C=C/CCCCCCCCC. The maximum atomic E-state index is 13.3. The van der Waals surface area contributed by atoms with Crippen molar-refractivity contribution in [1.82, 2.24) is 10.6 Å². The first-order chi connectivity index (χ1) is 36.4. The van der Waals surface area contributed by atoms with Gasteiger partial charge >= 0.3 is 5.97 Å². The van der Waals surface area contributed by atoms with Gasteiger partial charge in [0.25, 0.3) is 5.79 Å². The van der Waals surface area contributed by atoms with E-state index in [1.807, 2.05) is 6.08 Å². The number of aliphatic carboxylic acids is 1. The Kier molecular flexibility index (Phi) is 32.4. The van der Waals surface area contributed by atoms with Crippen LogP contribution >= 0.6 is 0 Å². The fourth-order valence-electron chi connectivity index (χ4n) is 9.58. The number of nitrogens with one attached hydrogen (secondary N) is 2. The summed E-state index contributed by atoms with van der Waals surface area (Å²) in [5, 5.41) is 135. The molecule has 18 unspecified atom stereocenters. The molecule has 0 aromatic heterocycles. The van der Waals surface area contributed by atoms with Crippen LogP contribution < -0.4 is 10.6 Å². The maximum absolute atomic E-state index is 13.3. The predicted molar refractivity (Wildman–Crippen MR) is 274 cm³/mol. The summed E-state index contributed by atoms with van der Waals surface area (Å²) in [5.41, 5.74) is 0. The molecule has 0 radical (unpaired) electrons. The molecule has 3 aliphatic rings. The summed E-state index contributed by atoms with van der Waals surface area (Å²) in [7, 11) is 0. The zero-order valence-corrected chi connectivity index (χ0v) is 44.8. The molecule has 2 amide bonds. The maximum Gasteiger partial charge on any atom is 0.364 e. The van der Waals surface area contributed by atoms with Crippen LogP contribution in [-0.4, -0.2) is 215 Å². The van der Waals surface area contributed by atoms with E-state index in [1.165, 1.54) is 51.4 Å². The minimum absolute atomic E-state index is 0.179. The van der Waals surface area contributed by atoms with E-state index in [4.69, 9.17) is 28.4 Å². The fraction of sp³-hybridized carbons (Fsp3) is 0.868. The third-order valence-electron chi connectivity index (χ3n) is 14.1. The fourth-order valence-corrected chi connectivity index (χ4v) is 9.58. The molecule has 3 aliphatic heterocycles. The minimum atomic E-state index is -3.08. The average Bonchev–Trinajstić information content (AvgIpc) is 3.39.